The third-order valence-electron chi connectivity index (χ3n) is 5.72. The molecule has 8 heteroatoms. The first-order valence-corrected chi connectivity index (χ1v) is 12.4. The number of rotatable bonds is 7. The largest absolute Gasteiger partial charge is 0.378 e. The van der Waals surface area contributed by atoms with Crippen LogP contribution in [0.25, 0.3) is 0 Å². The highest BCUT2D eigenvalue weighted by atomic mass is 127. The highest BCUT2D eigenvalue weighted by molar-refractivity contribution is 14.0. The van der Waals surface area contributed by atoms with Crippen LogP contribution in [0.1, 0.15) is 45.1 Å². The van der Waals surface area contributed by atoms with Crippen LogP contribution in [-0.2, 0) is 22.1 Å². The van der Waals surface area contributed by atoms with Crippen molar-refractivity contribution in [2.75, 3.05) is 43.5 Å². The minimum atomic E-state index is -0.708. The summed E-state index contributed by atoms with van der Waals surface area (Å²) < 4.78 is 17.7. The van der Waals surface area contributed by atoms with E-state index in [1.165, 1.54) is 11.3 Å². The SMILES string of the molecule is CCNC(=NCc1ccccc1N1CCOCC1)NC1CCCC(S(=O)CC)C1.I. The summed E-state index contributed by atoms with van der Waals surface area (Å²) in [5, 5.41) is 7.31. The molecule has 2 N–H and O–H groups in total. The summed E-state index contributed by atoms with van der Waals surface area (Å²) in [5.41, 5.74) is 2.49. The predicted octanol–water partition coefficient (Wildman–Crippen LogP) is 3.28. The van der Waals surface area contributed by atoms with Gasteiger partial charge in [-0.3, -0.25) is 4.21 Å². The lowest BCUT2D eigenvalue weighted by atomic mass is 9.95. The van der Waals surface area contributed by atoms with E-state index in [-0.39, 0.29) is 24.0 Å². The predicted molar refractivity (Wildman–Crippen MR) is 138 cm³/mol. The molecule has 1 heterocycles. The van der Waals surface area contributed by atoms with Gasteiger partial charge in [-0.15, -0.1) is 24.0 Å². The number of nitrogens with zero attached hydrogens (tertiary/aromatic N) is 2. The number of guanidine groups is 1. The fraction of sp³-hybridized carbons (Fsp3) is 0.682. The summed E-state index contributed by atoms with van der Waals surface area (Å²) in [6, 6.07) is 8.87. The Morgan fingerprint density at radius 2 is 2.00 bits per heavy atom. The number of hydrogen-bond donors (Lipinski definition) is 2. The number of benzene rings is 1. The van der Waals surface area contributed by atoms with Gasteiger partial charge in [0, 0.05) is 53.2 Å². The Bertz CT molecular complexity index is 697. The van der Waals surface area contributed by atoms with Crippen molar-refractivity contribution in [2.24, 2.45) is 4.99 Å². The molecule has 1 saturated heterocycles. The molecule has 1 aromatic carbocycles. The Kier molecular flexibility index (Phi) is 11.4. The molecule has 3 atom stereocenters. The Morgan fingerprint density at radius 3 is 2.73 bits per heavy atom. The number of nitrogens with one attached hydrogen (secondary N) is 2. The van der Waals surface area contributed by atoms with E-state index in [0.717, 1.165) is 70.2 Å². The van der Waals surface area contributed by atoms with E-state index in [0.29, 0.717) is 17.8 Å². The average molecular weight is 549 g/mol. The Labute approximate surface area is 201 Å². The maximum Gasteiger partial charge on any atom is 0.191 e. The molecule has 3 rings (SSSR count). The standard InChI is InChI=1S/C22H36N4O2S.HI/c1-3-23-22(25-19-9-7-10-20(16-19)29(27)4-2)24-17-18-8-5-6-11-21(18)26-12-14-28-15-13-26;/h5-6,8,11,19-20H,3-4,7,9-10,12-17H2,1-2H3,(H2,23,24,25);1H. The first-order chi connectivity index (χ1) is 14.2. The molecule has 0 radical (unpaired) electrons. The van der Waals surface area contributed by atoms with E-state index in [1.807, 2.05) is 6.92 Å². The van der Waals surface area contributed by atoms with Crippen LogP contribution in [0.4, 0.5) is 5.69 Å². The zero-order valence-corrected chi connectivity index (χ0v) is 21.4. The zero-order valence-electron chi connectivity index (χ0n) is 18.3. The molecule has 1 aromatic rings. The van der Waals surface area contributed by atoms with E-state index >= 15 is 0 Å². The molecule has 2 aliphatic rings. The molecule has 170 valence electrons. The van der Waals surface area contributed by atoms with Crippen LogP contribution < -0.4 is 15.5 Å². The highest BCUT2D eigenvalue weighted by Crippen LogP contribution is 2.24. The highest BCUT2D eigenvalue weighted by Gasteiger charge is 2.26. The molecule has 0 amide bonds. The molecule has 6 nitrogen and oxygen atoms in total. The van der Waals surface area contributed by atoms with E-state index in [9.17, 15) is 4.21 Å². The minimum Gasteiger partial charge on any atom is -0.378 e. The van der Waals surface area contributed by atoms with E-state index in [1.54, 1.807) is 0 Å². The molecular formula is C22H37IN4O2S. The van der Waals surface area contributed by atoms with Crippen LogP contribution in [-0.4, -0.2) is 60.1 Å². The fourth-order valence-corrected chi connectivity index (χ4v) is 5.53. The van der Waals surface area contributed by atoms with Crippen molar-refractivity contribution in [1.29, 1.82) is 0 Å². The minimum absolute atomic E-state index is 0. The lowest BCUT2D eigenvalue weighted by molar-refractivity contribution is 0.122. The summed E-state index contributed by atoms with van der Waals surface area (Å²) in [5.74, 6) is 1.61. The van der Waals surface area contributed by atoms with Gasteiger partial charge in [0.25, 0.3) is 0 Å². The third kappa shape index (κ3) is 7.37. The molecule has 30 heavy (non-hydrogen) atoms. The van der Waals surface area contributed by atoms with Crippen molar-refractivity contribution in [3.63, 3.8) is 0 Å². The van der Waals surface area contributed by atoms with Gasteiger partial charge in [-0.05, 0) is 37.8 Å². The second kappa shape index (κ2) is 13.5. The smallest absolute Gasteiger partial charge is 0.191 e. The van der Waals surface area contributed by atoms with Gasteiger partial charge in [0.05, 0.1) is 19.8 Å². The first-order valence-electron chi connectivity index (χ1n) is 11.0. The normalized spacial score (nSPS) is 23.4. The quantitative estimate of drug-likeness (QED) is 0.311. The molecule has 0 aromatic heterocycles. The number of anilines is 1. The Morgan fingerprint density at radius 1 is 1.23 bits per heavy atom. The van der Waals surface area contributed by atoms with Gasteiger partial charge in [0.15, 0.2) is 5.96 Å². The van der Waals surface area contributed by atoms with Crippen molar-refractivity contribution in [2.45, 2.75) is 57.4 Å². The third-order valence-corrected chi connectivity index (χ3v) is 7.46. The number of hydrogen-bond acceptors (Lipinski definition) is 4. The van der Waals surface area contributed by atoms with Crippen LogP contribution >= 0.6 is 24.0 Å². The van der Waals surface area contributed by atoms with E-state index in [4.69, 9.17) is 9.73 Å². The number of para-hydroxylation sites is 1. The van der Waals surface area contributed by atoms with Crippen molar-refractivity contribution in [1.82, 2.24) is 10.6 Å². The van der Waals surface area contributed by atoms with Crippen LogP contribution in [0.2, 0.25) is 0 Å². The van der Waals surface area contributed by atoms with Crippen molar-refractivity contribution in [3.05, 3.63) is 29.8 Å². The van der Waals surface area contributed by atoms with Crippen molar-refractivity contribution in [3.8, 4) is 0 Å². The van der Waals surface area contributed by atoms with Gasteiger partial charge in [-0.1, -0.05) is 31.5 Å². The molecule has 3 unspecified atom stereocenters. The monoisotopic (exact) mass is 548 g/mol. The lowest BCUT2D eigenvalue weighted by Crippen LogP contribution is -2.46. The van der Waals surface area contributed by atoms with E-state index in [2.05, 4.69) is 46.7 Å². The Hall–Kier alpha value is -0.870. The zero-order chi connectivity index (χ0) is 20.5. The summed E-state index contributed by atoms with van der Waals surface area (Å²) in [7, 11) is -0.708. The summed E-state index contributed by atoms with van der Waals surface area (Å²) in [6.45, 7) is 8.99. The van der Waals surface area contributed by atoms with Gasteiger partial charge in [-0.25, -0.2) is 4.99 Å². The second-order valence-electron chi connectivity index (χ2n) is 7.72. The number of halogens is 1. The molecule has 1 saturated carbocycles. The molecule has 1 aliphatic heterocycles. The second-order valence-corrected chi connectivity index (χ2v) is 9.73. The first kappa shape index (κ1) is 25.4. The van der Waals surface area contributed by atoms with Crippen molar-refractivity contribution >= 4 is 46.4 Å². The van der Waals surface area contributed by atoms with Gasteiger partial charge in [0.1, 0.15) is 0 Å². The fourth-order valence-electron chi connectivity index (χ4n) is 4.19. The van der Waals surface area contributed by atoms with Gasteiger partial charge < -0.3 is 20.3 Å². The molecule has 0 spiro atoms. The van der Waals surface area contributed by atoms with Crippen LogP contribution in [0.3, 0.4) is 0 Å². The maximum atomic E-state index is 12.2. The lowest BCUT2D eigenvalue weighted by Gasteiger charge is -2.31. The summed E-state index contributed by atoms with van der Waals surface area (Å²) >= 11 is 0. The van der Waals surface area contributed by atoms with E-state index < -0.39 is 10.8 Å². The number of aliphatic imine (C=N–C) groups is 1. The van der Waals surface area contributed by atoms with Gasteiger partial charge >= 0.3 is 0 Å². The van der Waals surface area contributed by atoms with Crippen LogP contribution in [0.5, 0.6) is 0 Å². The van der Waals surface area contributed by atoms with Crippen LogP contribution in [0.15, 0.2) is 29.3 Å². The molecular weight excluding hydrogens is 511 g/mol. The maximum absolute atomic E-state index is 12.2. The molecule has 2 fully saturated rings. The molecule has 0 bridgehead atoms. The number of ether oxygens (including phenoxy) is 1. The average Bonchev–Trinajstić information content (AvgIpc) is 2.78. The topological polar surface area (TPSA) is 66.0 Å². The summed E-state index contributed by atoms with van der Waals surface area (Å²) in [4.78, 5) is 7.27. The van der Waals surface area contributed by atoms with Gasteiger partial charge in [-0.2, -0.15) is 0 Å². The Balaban J connectivity index is 0.00000320. The molecule has 1 aliphatic carbocycles. The summed E-state index contributed by atoms with van der Waals surface area (Å²) in [6.07, 6.45) is 4.30. The van der Waals surface area contributed by atoms with Gasteiger partial charge in [0.2, 0.25) is 0 Å². The van der Waals surface area contributed by atoms with Crippen molar-refractivity contribution < 1.29 is 8.95 Å². The van der Waals surface area contributed by atoms with Crippen LogP contribution in [0, 0.1) is 0 Å². The number of morpholine rings is 1.